The highest BCUT2D eigenvalue weighted by atomic mass is 16.5. The molecule has 1 atom stereocenters. The SMILES string of the molecule is COc1ccc2[nH]cc(C(C)NCc3ccccc3)c2c1. The van der Waals surface area contributed by atoms with E-state index in [1.165, 1.54) is 16.5 Å². The summed E-state index contributed by atoms with van der Waals surface area (Å²) in [6.45, 7) is 3.05. The first-order chi connectivity index (χ1) is 10.3. The minimum Gasteiger partial charge on any atom is -0.497 e. The third kappa shape index (κ3) is 2.93. The molecule has 1 unspecified atom stereocenters. The van der Waals surface area contributed by atoms with Crippen LogP contribution >= 0.6 is 0 Å². The summed E-state index contributed by atoms with van der Waals surface area (Å²) in [6, 6.07) is 16.8. The predicted molar refractivity (Wildman–Crippen MR) is 86.5 cm³/mol. The molecule has 1 aromatic heterocycles. The van der Waals surface area contributed by atoms with Crippen LogP contribution in [0.25, 0.3) is 10.9 Å². The average Bonchev–Trinajstić information content (AvgIpc) is 2.96. The van der Waals surface area contributed by atoms with Crippen LogP contribution in [0.2, 0.25) is 0 Å². The van der Waals surface area contributed by atoms with Crippen LogP contribution in [0.15, 0.2) is 54.7 Å². The Labute approximate surface area is 125 Å². The smallest absolute Gasteiger partial charge is 0.119 e. The molecule has 2 aromatic carbocycles. The number of H-pyrrole nitrogens is 1. The Morgan fingerprint density at radius 2 is 1.95 bits per heavy atom. The Hall–Kier alpha value is -2.26. The lowest BCUT2D eigenvalue weighted by Gasteiger charge is -2.13. The summed E-state index contributed by atoms with van der Waals surface area (Å²) in [6.07, 6.45) is 2.08. The van der Waals surface area contributed by atoms with Gasteiger partial charge in [0.05, 0.1) is 7.11 Å². The lowest BCUT2D eigenvalue weighted by atomic mass is 10.1. The molecule has 21 heavy (non-hydrogen) atoms. The predicted octanol–water partition coefficient (Wildman–Crippen LogP) is 4.03. The quantitative estimate of drug-likeness (QED) is 0.740. The van der Waals surface area contributed by atoms with Gasteiger partial charge in [-0.2, -0.15) is 0 Å². The van der Waals surface area contributed by atoms with E-state index in [0.717, 1.165) is 17.8 Å². The second-order valence-electron chi connectivity index (χ2n) is 5.24. The summed E-state index contributed by atoms with van der Waals surface area (Å²) in [4.78, 5) is 3.32. The van der Waals surface area contributed by atoms with E-state index in [1.54, 1.807) is 7.11 Å². The largest absolute Gasteiger partial charge is 0.497 e. The van der Waals surface area contributed by atoms with Crippen molar-refractivity contribution in [2.75, 3.05) is 7.11 Å². The van der Waals surface area contributed by atoms with Gasteiger partial charge in [-0.3, -0.25) is 0 Å². The van der Waals surface area contributed by atoms with Crippen molar-refractivity contribution in [1.82, 2.24) is 10.3 Å². The van der Waals surface area contributed by atoms with Gasteiger partial charge in [0.2, 0.25) is 0 Å². The number of rotatable bonds is 5. The molecule has 108 valence electrons. The monoisotopic (exact) mass is 280 g/mol. The first-order valence-corrected chi connectivity index (χ1v) is 7.20. The van der Waals surface area contributed by atoms with Gasteiger partial charge >= 0.3 is 0 Å². The number of hydrogen-bond acceptors (Lipinski definition) is 2. The van der Waals surface area contributed by atoms with Gasteiger partial charge in [-0.1, -0.05) is 30.3 Å². The van der Waals surface area contributed by atoms with Crippen molar-refractivity contribution in [1.29, 1.82) is 0 Å². The van der Waals surface area contributed by atoms with Crippen molar-refractivity contribution in [2.24, 2.45) is 0 Å². The van der Waals surface area contributed by atoms with Gasteiger partial charge in [0.15, 0.2) is 0 Å². The summed E-state index contributed by atoms with van der Waals surface area (Å²) in [5.41, 5.74) is 3.70. The van der Waals surface area contributed by atoms with Crippen LogP contribution in [0.4, 0.5) is 0 Å². The summed E-state index contributed by atoms with van der Waals surface area (Å²) in [7, 11) is 1.70. The number of benzene rings is 2. The van der Waals surface area contributed by atoms with E-state index in [0.29, 0.717) is 0 Å². The molecule has 0 fully saturated rings. The molecule has 0 saturated heterocycles. The van der Waals surface area contributed by atoms with Crippen LogP contribution in [-0.4, -0.2) is 12.1 Å². The first-order valence-electron chi connectivity index (χ1n) is 7.20. The third-order valence-corrected chi connectivity index (χ3v) is 3.84. The average molecular weight is 280 g/mol. The number of ether oxygens (including phenoxy) is 1. The lowest BCUT2D eigenvalue weighted by molar-refractivity contribution is 0.415. The van der Waals surface area contributed by atoms with Crippen molar-refractivity contribution in [3.05, 3.63) is 65.9 Å². The highest BCUT2D eigenvalue weighted by molar-refractivity contribution is 5.85. The fraction of sp³-hybridized carbons (Fsp3) is 0.222. The molecule has 3 nitrogen and oxygen atoms in total. The molecule has 2 N–H and O–H groups in total. The Bertz CT molecular complexity index is 718. The van der Waals surface area contributed by atoms with E-state index in [9.17, 15) is 0 Å². The zero-order valence-corrected chi connectivity index (χ0v) is 12.4. The molecule has 0 spiro atoms. The number of aromatic nitrogens is 1. The van der Waals surface area contributed by atoms with E-state index in [1.807, 2.05) is 12.1 Å². The zero-order chi connectivity index (χ0) is 14.7. The Balaban J connectivity index is 1.79. The standard InChI is InChI=1S/C18H20N2O/c1-13(19-11-14-6-4-3-5-7-14)17-12-20-18-9-8-15(21-2)10-16(17)18/h3-10,12-13,19-20H,11H2,1-2H3. The van der Waals surface area contributed by atoms with E-state index in [4.69, 9.17) is 4.74 Å². The molecule has 0 bridgehead atoms. The molecular formula is C18H20N2O. The maximum atomic E-state index is 5.32. The van der Waals surface area contributed by atoms with Crippen molar-refractivity contribution >= 4 is 10.9 Å². The maximum absolute atomic E-state index is 5.32. The van der Waals surface area contributed by atoms with E-state index in [2.05, 4.69) is 59.8 Å². The molecule has 0 saturated carbocycles. The molecule has 0 aliphatic rings. The van der Waals surface area contributed by atoms with Crippen LogP contribution < -0.4 is 10.1 Å². The lowest BCUT2D eigenvalue weighted by Crippen LogP contribution is -2.17. The molecule has 0 aliphatic heterocycles. The highest BCUT2D eigenvalue weighted by Crippen LogP contribution is 2.27. The molecule has 3 rings (SSSR count). The normalized spacial score (nSPS) is 12.5. The van der Waals surface area contributed by atoms with Crippen molar-refractivity contribution < 1.29 is 4.74 Å². The first kappa shape index (κ1) is 13.7. The molecule has 0 radical (unpaired) electrons. The molecular weight excluding hydrogens is 260 g/mol. The highest BCUT2D eigenvalue weighted by Gasteiger charge is 2.11. The Morgan fingerprint density at radius 3 is 2.71 bits per heavy atom. The summed E-state index contributed by atoms with van der Waals surface area (Å²) in [5.74, 6) is 0.888. The van der Waals surface area contributed by atoms with Crippen LogP contribution in [0, 0.1) is 0 Å². The number of nitrogens with one attached hydrogen (secondary N) is 2. The van der Waals surface area contributed by atoms with Crippen molar-refractivity contribution in [3.63, 3.8) is 0 Å². The van der Waals surface area contributed by atoms with Crippen LogP contribution in [0.3, 0.4) is 0 Å². The number of fused-ring (bicyclic) bond motifs is 1. The van der Waals surface area contributed by atoms with Crippen LogP contribution in [0.5, 0.6) is 5.75 Å². The van der Waals surface area contributed by atoms with E-state index < -0.39 is 0 Å². The Morgan fingerprint density at radius 1 is 1.14 bits per heavy atom. The molecule has 1 heterocycles. The fourth-order valence-corrected chi connectivity index (χ4v) is 2.58. The van der Waals surface area contributed by atoms with Crippen molar-refractivity contribution in [2.45, 2.75) is 19.5 Å². The second-order valence-corrected chi connectivity index (χ2v) is 5.24. The van der Waals surface area contributed by atoms with Crippen LogP contribution in [0.1, 0.15) is 24.1 Å². The van der Waals surface area contributed by atoms with Gasteiger partial charge in [-0.25, -0.2) is 0 Å². The molecule has 3 aromatic rings. The minimum atomic E-state index is 0.270. The topological polar surface area (TPSA) is 37.0 Å². The molecule has 0 amide bonds. The van der Waals surface area contributed by atoms with Crippen molar-refractivity contribution in [3.8, 4) is 5.75 Å². The number of aromatic amines is 1. The van der Waals surface area contributed by atoms with Gasteiger partial charge in [-0.05, 0) is 36.2 Å². The van der Waals surface area contributed by atoms with E-state index in [-0.39, 0.29) is 6.04 Å². The van der Waals surface area contributed by atoms with Gasteiger partial charge in [0, 0.05) is 29.7 Å². The summed E-state index contributed by atoms with van der Waals surface area (Å²) >= 11 is 0. The Kier molecular flexibility index (Phi) is 3.93. The molecule has 0 aliphatic carbocycles. The van der Waals surface area contributed by atoms with Gasteiger partial charge in [-0.15, -0.1) is 0 Å². The number of hydrogen-bond donors (Lipinski definition) is 2. The zero-order valence-electron chi connectivity index (χ0n) is 12.4. The summed E-state index contributed by atoms with van der Waals surface area (Å²) in [5, 5.41) is 4.78. The minimum absolute atomic E-state index is 0.270. The second kappa shape index (κ2) is 6.02. The van der Waals surface area contributed by atoms with E-state index >= 15 is 0 Å². The van der Waals surface area contributed by atoms with Crippen LogP contribution in [-0.2, 0) is 6.54 Å². The third-order valence-electron chi connectivity index (χ3n) is 3.84. The van der Waals surface area contributed by atoms with Gasteiger partial charge < -0.3 is 15.0 Å². The summed E-state index contributed by atoms with van der Waals surface area (Å²) < 4.78 is 5.32. The number of methoxy groups -OCH3 is 1. The van der Waals surface area contributed by atoms with Gasteiger partial charge in [0.25, 0.3) is 0 Å². The fourth-order valence-electron chi connectivity index (χ4n) is 2.58. The molecule has 3 heteroatoms. The van der Waals surface area contributed by atoms with Gasteiger partial charge in [0.1, 0.15) is 5.75 Å². The maximum Gasteiger partial charge on any atom is 0.119 e.